The predicted molar refractivity (Wildman–Crippen MR) is 82.4 cm³/mol. The maximum absolute atomic E-state index is 12.6. The second-order valence-corrected chi connectivity index (χ2v) is 6.71. The van der Waals surface area contributed by atoms with Crippen LogP contribution >= 0.6 is 27.3 Å². The predicted octanol–water partition coefficient (Wildman–Crippen LogP) is 3.90. The summed E-state index contributed by atoms with van der Waals surface area (Å²) >= 11 is 5.09. The molecule has 0 atom stereocenters. The Hall–Kier alpha value is -1.07. The molecule has 2 heterocycles. The van der Waals surface area contributed by atoms with E-state index in [2.05, 4.69) is 22.0 Å². The van der Waals surface area contributed by atoms with Crippen molar-refractivity contribution >= 4 is 33.2 Å². The van der Waals surface area contributed by atoms with Crippen molar-refractivity contribution in [2.45, 2.75) is 26.4 Å². The van der Waals surface area contributed by atoms with Gasteiger partial charge in [-0.05, 0) is 47.3 Å². The minimum absolute atomic E-state index is 0.0663. The van der Waals surface area contributed by atoms with E-state index in [0.717, 1.165) is 4.47 Å². The van der Waals surface area contributed by atoms with E-state index >= 15 is 0 Å². The zero-order chi connectivity index (χ0) is 14.0. The van der Waals surface area contributed by atoms with E-state index in [0.29, 0.717) is 12.2 Å². The number of carbonyl (C=O) groups is 1. The van der Waals surface area contributed by atoms with Gasteiger partial charge in [-0.3, -0.25) is 4.79 Å². The molecule has 3 nitrogen and oxygen atoms in total. The van der Waals surface area contributed by atoms with Gasteiger partial charge < -0.3 is 9.47 Å². The van der Waals surface area contributed by atoms with E-state index in [1.54, 1.807) is 11.3 Å². The first-order valence-electron chi connectivity index (χ1n) is 6.14. The van der Waals surface area contributed by atoms with Crippen molar-refractivity contribution in [2.24, 2.45) is 7.05 Å². The Morgan fingerprint density at radius 1 is 1.53 bits per heavy atom. The fraction of sp³-hybridized carbons (Fsp3) is 0.357. The first-order valence-corrected chi connectivity index (χ1v) is 7.81. The molecule has 0 bridgehead atoms. The summed E-state index contributed by atoms with van der Waals surface area (Å²) in [4.78, 5) is 15.7. The third kappa shape index (κ3) is 3.28. The van der Waals surface area contributed by atoms with Gasteiger partial charge in [0.2, 0.25) is 0 Å². The molecule has 0 N–H and O–H groups in total. The number of hydrogen-bond donors (Lipinski definition) is 0. The molecule has 0 aliphatic rings. The van der Waals surface area contributed by atoms with Crippen molar-refractivity contribution in [3.8, 4) is 0 Å². The Balaban J connectivity index is 2.24. The molecule has 2 aromatic rings. The van der Waals surface area contributed by atoms with Crippen molar-refractivity contribution < 1.29 is 4.79 Å². The summed E-state index contributed by atoms with van der Waals surface area (Å²) in [5, 5.41) is 2.04. The highest BCUT2D eigenvalue weighted by Crippen LogP contribution is 2.19. The molecule has 0 saturated carbocycles. The fourth-order valence-electron chi connectivity index (χ4n) is 1.94. The summed E-state index contributed by atoms with van der Waals surface area (Å²) < 4.78 is 2.79. The van der Waals surface area contributed by atoms with Crippen LogP contribution in [0.3, 0.4) is 0 Å². The minimum Gasteiger partial charge on any atom is -0.345 e. The maximum Gasteiger partial charge on any atom is 0.271 e. The van der Waals surface area contributed by atoms with Crippen LogP contribution in [-0.4, -0.2) is 21.4 Å². The Kier molecular flexibility index (Phi) is 4.47. The van der Waals surface area contributed by atoms with Gasteiger partial charge in [-0.15, -0.1) is 11.3 Å². The molecule has 0 spiro atoms. The summed E-state index contributed by atoms with van der Waals surface area (Å²) in [6.45, 7) is 4.75. The first-order chi connectivity index (χ1) is 8.99. The maximum atomic E-state index is 12.6. The molecule has 0 aromatic carbocycles. The third-order valence-corrected chi connectivity index (χ3v) is 4.28. The molecule has 0 saturated heterocycles. The number of carbonyl (C=O) groups excluding carboxylic acids is 1. The van der Waals surface area contributed by atoms with E-state index < -0.39 is 0 Å². The van der Waals surface area contributed by atoms with E-state index in [4.69, 9.17) is 0 Å². The lowest BCUT2D eigenvalue weighted by atomic mass is 10.2. The van der Waals surface area contributed by atoms with Crippen molar-refractivity contribution in [2.75, 3.05) is 0 Å². The van der Waals surface area contributed by atoms with Gasteiger partial charge >= 0.3 is 0 Å². The number of halogens is 1. The lowest BCUT2D eigenvalue weighted by Crippen LogP contribution is -2.37. The fourth-order valence-corrected chi connectivity index (χ4v) is 3.17. The van der Waals surface area contributed by atoms with Crippen LogP contribution in [0.25, 0.3) is 0 Å². The van der Waals surface area contributed by atoms with Gasteiger partial charge in [-0.2, -0.15) is 0 Å². The van der Waals surface area contributed by atoms with Gasteiger partial charge in [0, 0.05) is 28.6 Å². The second kappa shape index (κ2) is 5.92. The topological polar surface area (TPSA) is 25.2 Å². The highest BCUT2D eigenvalue weighted by molar-refractivity contribution is 9.10. The van der Waals surface area contributed by atoms with Gasteiger partial charge in [0.25, 0.3) is 5.91 Å². The van der Waals surface area contributed by atoms with Crippen LogP contribution in [0.4, 0.5) is 0 Å². The number of hydrogen-bond acceptors (Lipinski definition) is 2. The molecule has 19 heavy (non-hydrogen) atoms. The Labute approximate surface area is 126 Å². The lowest BCUT2D eigenvalue weighted by molar-refractivity contribution is 0.0682. The van der Waals surface area contributed by atoms with Gasteiger partial charge in [0.1, 0.15) is 5.69 Å². The lowest BCUT2D eigenvalue weighted by Gasteiger charge is -2.26. The SMILES string of the molecule is CC(C)N(Cc1cccs1)C(=O)c1cc(Br)cn1C. The van der Waals surface area contributed by atoms with E-state index in [9.17, 15) is 4.79 Å². The number of amides is 1. The first kappa shape index (κ1) is 14.3. The van der Waals surface area contributed by atoms with Crippen LogP contribution in [0.2, 0.25) is 0 Å². The number of thiophene rings is 1. The molecule has 0 aliphatic carbocycles. The molecule has 2 rings (SSSR count). The molecule has 5 heteroatoms. The standard InChI is InChI=1S/C14H17BrN2OS/c1-10(2)17(9-12-5-4-6-19-12)14(18)13-7-11(15)8-16(13)3/h4-8,10H,9H2,1-3H3. The Morgan fingerprint density at radius 3 is 2.74 bits per heavy atom. The number of aryl methyl sites for hydroxylation is 1. The van der Waals surface area contributed by atoms with Gasteiger partial charge in [-0.25, -0.2) is 0 Å². The summed E-state index contributed by atoms with van der Waals surface area (Å²) in [6.07, 6.45) is 1.90. The van der Waals surface area contributed by atoms with Gasteiger partial charge in [0.15, 0.2) is 0 Å². The zero-order valence-corrected chi connectivity index (χ0v) is 13.7. The van der Waals surface area contributed by atoms with E-state index in [-0.39, 0.29) is 11.9 Å². The second-order valence-electron chi connectivity index (χ2n) is 4.76. The van der Waals surface area contributed by atoms with E-state index in [1.165, 1.54) is 4.88 Å². The van der Waals surface area contributed by atoms with Crippen LogP contribution in [0.5, 0.6) is 0 Å². The molecule has 2 aromatic heterocycles. The summed E-state index contributed by atoms with van der Waals surface area (Å²) in [7, 11) is 1.89. The molecular formula is C14H17BrN2OS. The quantitative estimate of drug-likeness (QED) is 0.828. The van der Waals surface area contributed by atoms with E-state index in [1.807, 2.05) is 54.1 Å². The normalized spacial score (nSPS) is 11.0. The van der Waals surface area contributed by atoms with Gasteiger partial charge in [0.05, 0.1) is 6.54 Å². The van der Waals surface area contributed by atoms with Crippen molar-refractivity contribution in [3.63, 3.8) is 0 Å². The van der Waals surface area contributed by atoms with Crippen LogP contribution in [-0.2, 0) is 13.6 Å². The van der Waals surface area contributed by atoms with Crippen LogP contribution < -0.4 is 0 Å². The number of rotatable bonds is 4. The molecule has 0 aliphatic heterocycles. The highest BCUT2D eigenvalue weighted by atomic mass is 79.9. The zero-order valence-electron chi connectivity index (χ0n) is 11.3. The van der Waals surface area contributed by atoms with Crippen LogP contribution in [0, 0.1) is 0 Å². The highest BCUT2D eigenvalue weighted by Gasteiger charge is 2.22. The number of nitrogens with zero attached hydrogens (tertiary/aromatic N) is 2. The van der Waals surface area contributed by atoms with Crippen molar-refractivity contribution in [1.29, 1.82) is 0 Å². The molecule has 0 fully saturated rings. The molecular weight excluding hydrogens is 324 g/mol. The van der Waals surface area contributed by atoms with Crippen molar-refractivity contribution in [3.05, 3.63) is 44.8 Å². The molecule has 102 valence electrons. The van der Waals surface area contributed by atoms with Crippen molar-refractivity contribution in [1.82, 2.24) is 9.47 Å². The average Bonchev–Trinajstić information content (AvgIpc) is 2.94. The Morgan fingerprint density at radius 2 is 2.26 bits per heavy atom. The minimum atomic E-state index is 0.0663. The Bertz CT molecular complexity index is 560. The molecule has 1 amide bonds. The molecule has 0 radical (unpaired) electrons. The van der Waals surface area contributed by atoms with Crippen LogP contribution in [0.15, 0.2) is 34.2 Å². The number of aromatic nitrogens is 1. The summed E-state index contributed by atoms with van der Waals surface area (Å²) in [5.41, 5.74) is 0.706. The third-order valence-electron chi connectivity index (χ3n) is 2.98. The monoisotopic (exact) mass is 340 g/mol. The largest absolute Gasteiger partial charge is 0.345 e. The smallest absolute Gasteiger partial charge is 0.271 e. The summed E-state index contributed by atoms with van der Waals surface area (Å²) in [6, 6.07) is 6.12. The van der Waals surface area contributed by atoms with Gasteiger partial charge in [-0.1, -0.05) is 6.07 Å². The van der Waals surface area contributed by atoms with Crippen LogP contribution in [0.1, 0.15) is 29.2 Å². The summed E-state index contributed by atoms with van der Waals surface area (Å²) in [5.74, 6) is 0.0663. The average molecular weight is 341 g/mol. The molecule has 0 unspecified atom stereocenters.